The van der Waals surface area contributed by atoms with Gasteiger partial charge in [0.25, 0.3) is 0 Å². The molecule has 0 unspecified atom stereocenters. The molecule has 1 N–H and O–H groups in total. The van der Waals surface area contributed by atoms with Crippen molar-refractivity contribution in [3.05, 3.63) is 36.0 Å². The summed E-state index contributed by atoms with van der Waals surface area (Å²) in [4.78, 5) is 15.7. The molecule has 0 saturated carbocycles. The van der Waals surface area contributed by atoms with Crippen molar-refractivity contribution in [2.75, 3.05) is 6.54 Å². The van der Waals surface area contributed by atoms with Crippen molar-refractivity contribution >= 4 is 16.8 Å². The van der Waals surface area contributed by atoms with Crippen molar-refractivity contribution in [2.24, 2.45) is 5.92 Å². The number of aromatic nitrogens is 1. The van der Waals surface area contributed by atoms with Crippen LogP contribution in [0.1, 0.15) is 18.9 Å². The van der Waals surface area contributed by atoms with Crippen molar-refractivity contribution in [3.8, 4) is 5.75 Å². The molecule has 0 spiro atoms. The van der Waals surface area contributed by atoms with Crippen LogP contribution in [0.4, 0.5) is 0 Å². The van der Waals surface area contributed by atoms with E-state index in [2.05, 4.69) is 10.3 Å². The van der Waals surface area contributed by atoms with Gasteiger partial charge in [-0.3, -0.25) is 9.78 Å². The summed E-state index contributed by atoms with van der Waals surface area (Å²) in [5, 5.41) is 3.87. The monoisotopic (exact) mass is 270 g/mol. The smallest absolute Gasteiger partial charge is 0.220 e. The molecule has 3 rings (SSSR count). The van der Waals surface area contributed by atoms with Gasteiger partial charge >= 0.3 is 0 Å². The predicted octanol–water partition coefficient (Wildman–Crippen LogP) is 2.45. The van der Waals surface area contributed by atoms with E-state index in [4.69, 9.17) is 4.74 Å². The summed E-state index contributed by atoms with van der Waals surface area (Å²) in [6.45, 7) is 4.75. The first-order valence-corrected chi connectivity index (χ1v) is 6.92. The van der Waals surface area contributed by atoms with Crippen LogP contribution in [0, 0.1) is 12.8 Å². The Balaban J connectivity index is 1.88. The van der Waals surface area contributed by atoms with Crippen LogP contribution < -0.4 is 10.1 Å². The zero-order valence-electron chi connectivity index (χ0n) is 11.7. The molecule has 1 fully saturated rings. The van der Waals surface area contributed by atoms with Crippen LogP contribution in [-0.4, -0.2) is 23.5 Å². The van der Waals surface area contributed by atoms with Gasteiger partial charge in [-0.2, -0.15) is 0 Å². The van der Waals surface area contributed by atoms with Gasteiger partial charge in [0.2, 0.25) is 5.91 Å². The number of rotatable bonds is 3. The quantitative estimate of drug-likeness (QED) is 0.932. The van der Waals surface area contributed by atoms with Gasteiger partial charge in [0.1, 0.15) is 11.9 Å². The second kappa shape index (κ2) is 5.12. The molecule has 1 amide bonds. The largest absolute Gasteiger partial charge is 0.490 e. The second-order valence-electron chi connectivity index (χ2n) is 5.42. The molecule has 2 heterocycles. The molecular formula is C16H18N2O2. The lowest BCUT2D eigenvalue weighted by Gasteiger charge is -2.21. The number of pyridine rings is 1. The fourth-order valence-corrected chi connectivity index (χ4v) is 2.64. The molecule has 4 nitrogen and oxygen atoms in total. The van der Waals surface area contributed by atoms with Crippen molar-refractivity contribution in [1.29, 1.82) is 0 Å². The number of nitrogens with zero attached hydrogens (tertiary/aromatic N) is 1. The maximum absolute atomic E-state index is 11.3. The highest BCUT2D eigenvalue weighted by Crippen LogP contribution is 2.29. The zero-order valence-corrected chi connectivity index (χ0v) is 11.7. The number of nitrogens with one attached hydrogen (secondary N) is 1. The summed E-state index contributed by atoms with van der Waals surface area (Å²) in [6, 6.07) is 8.01. The topological polar surface area (TPSA) is 51.2 Å². The number of carbonyl (C=O) groups is 1. The standard InChI is InChI=1S/C16H18N2O2/c1-10-6-14-13(4-3-5-17-14)15(7-10)20-11(2)12-8-16(19)18-9-12/h3-7,11-12H,8-9H2,1-2H3,(H,18,19)/t11-,12-/m1/s1. The molecule has 4 heteroatoms. The number of amides is 1. The lowest BCUT2D eigenvalue weighted by Crippen LogP contribution is -2.25. The van der Waals surface area contributed by atoms with Crippen molar-refractivity contribution < 1.29 is 9.53 Å². The molecule has 0 radical (unpaired) electrons. The second-order valence-corrected chi connectivity index (χ2v) is 5.42. The fraction of sp³-hybridized carbons (Fsp3) is 0.375. The summed E-state index contributed by atoms with van der Waals surface area (Å²) in [5.41, 5.74) is 2.06. The van der Waals surface area contributed by atoms with Crippen molar-refractivity contribution in [3.63, 3.8) is 0 Å². The lowest BCUT2D eigenvalue weighted by molar-refractivity contribution is -0.119. The third-order valence-electron chi connectivity index (χ3n) is 3.81. The molecule has 1 aliphatic heterocycles. The molecule has 2 aromatic rings. The molecule has 1 aromatic heterocycles. The first kappa shape index (κ1) is 12.9. The van der Waals surface area contributed by atoms with Crippen LogP contribution in [0.3, 0.4) is 0 Å². The third kappa shape index (κ3) is 2.46. The van der Waals surface area contributed by atoms with Crippen molar-refractivity contribution in [1.82, 2.24) is 10.3 Å². The SMILES string of the molecule is Cc1cc(O[C@H](C)[C@H]2CNC(=O)C2)c2cccnc2c1. The van der Waals surface area contributed by atoms with Crippen LogP contribution >= 0.6 is 0 Å². The average Bonchev–Trinajstić information content (AvgIpc) is 2.85. The van der Waals surface area contributed by atoms with E-state index in [1.807, 2.05) is 38.1 Å². The Morgan fingerprint density at radius 1 is 1.45 bits per heavy atom. The Morgan fingerprint density at radius 3 is 3.05 bits per heavy atom. The van der Waals surface area contributed by atoms with Gasteiger partial charge in [-0.25, -0.2) is 0 Å². The van der Waals surface area contributed by atoms with Crippen LogP contribution in [0.5, 0.6) is 5.75 Å². The molecule has 104 valence electrons. The van der Waals surface area contributed by atoms with Gasteiger partial charge in [0, 0.05) is 30.5 Å². The minimum absolute atomic E-state index is 0.000781. The van der Waals surface area contributed by atoms with Gasteiger partial charge in [0.05, 0.1) is 5.52 Å². The molecule has 2 atom stereocenters. The first-order chi connectivity index (χ1) is 9.63. The predicted molar refractivity (Wildman–Crippen MR) is 77.7 cm³/mol. The number of hydrogen-bond acceptors (Lipinski definition) is 3. The first-order valence-electron chi connectivity index (χ1n) is 6.92. The fourth-order valence-electron chi connectivity index (χ4n) is 2.64. The number of fused-ring (bicyclic) bond motifs is 1. The third-order valence-corrected chi connectivity index (χ3v) is 3.81. The normalized spacial score (nSPS) is 19.9. The summed E-state index contributed by atoms with van der Waals surface area (Å²) in [5.74, 6) is 1.19. The molecule has 1 aliphatic rings. The summed E-state index contributed by atoms with van der Waals surface area (Å²) < 4.78 is 6.11. The maximum Gasteiger partial charge on any atom is 0.220 e. The minimum atomic E-state index is -0.000781. The number of hydrogen-bond donors (Lipinski definition) is 1. The highest BCUT2D eigenvalue weighted by Gasteiger charge is 2.28. The lowest BCUT2D eigenvalue weighted by atomic mass is 10.0. The Morgan fingerprint density at radius 2 is 2.30 bits per heavy atom. The van der Waals surface area contributed by atoms with Gasteiger partial charge < -0.3 is 10.1 Å². The maximum atomic E-state index is 11.3. The Hall–Kier alpha value is -2.10. The van der Waals surface area contributed by atoms with E-state index in [0.717, 1.165) is 22.2 Å². The van der Waals surface area contributed by atoms with Crippen LogP contribution in [0.15, 0.2) is 30.5 Å². The Kier molecular flexibility index (Phi) is 3.30. The summed E-state index contributed by atoms with van der Waals surface area (Å²) >= 11 is 0. The molecule has 1 saturated heterocycles. The molecule has 1 aromatic carbocycles. The van der Waals surface area contributed by atoms with Gasteiger partial charge in [-0.1, -0.05) is 0 Å². The van der Waals surface area contributed by atoms with E-state index in [-0.39, 0.29) is 17.9 Å². The van der Waals surface area contributed by atoms with E-state index in [1.54, 1.807) is 6.20 Å². The number of carbonyl (C=O) groups excluding carboxylic acids is 1. The van der Waals surface area contributed by atoms with E-state index >= 15 is 0 Å². The summed E-state index contributed by atoms with van der Waals surface area (Å²) in [7, 11) is 0. The van der Waals surface area contributed by atoms with Crippen LogP contribution in [0.25, 0.3) is 10.9 Å². The number of benzene rings is 1. The highest BCUT2D eigenvalue weighted by atomic mass is 16.5. The van der Waals surface area contributed by atoms with Gasteiger partial charge in [-0.05, 0) is 43.7 Å². The van der Waals surface area contributed by atoms with Crippen LogP contribution in [0.2, 0.25) is 0 Å². The van der Waals surface area contributed by atoms with Crippen molar-refractivity contribution in [2.45, 2.75) is 26.4 Å². The molecular weight excluding hydrogens is 252 g/mol. The number of ether oxygens (including phenoxy) is 1. The van der Waals surface area contributed by atoms with E-state index in [1.165, 1.54) is 0 Å². The van der Waals surface area contributed by atoms with E-state index < -0.39 is 0 Å². The average molecular weight is 270 g/mol. The van der Waals surface area contributed by atoms with E-state index in [0.29, 0.717) is 13.0 Å². The number of aryl methyl sites for hydroxylation is 1. The Labute approximate surface area is 118 Å². The highest BCUT2D eigenvalue weighted by molar-refractivity contribution is 5.85. The van der Waals surface area contributed by atoms with Crippen LogP contribution in [-0.2, 0) is 4.79 Å². The molecule has 20 heavy (non-hydrogen) atoms. The molecule has 0 aliphatic carbocycles. The molecule has 0 bridgehead atoms. The minimum Gasteiger partial charge on any atom is -0.490 e. The zero-order chi connectivity index (χ0) is 14.1. The Bertz CT molecular complexity index is 654. The van der Waals surface area contributed by atoms with Gasteiger partial charge in [-0.15, -0.1) is 0 Å². The van der Waals surface area contributed by atoms with E-state index in [9.17, 15) is 4.79 Å². The summed E-state index contributed by atoms with van der Waals surface area (Å²) in [6.07, 6.45) is 2.33. The van der Waals surface area contributed by atoms with Gasteiger partial charge in [0.15, 0.2) is 0 Å².